The second-order valence-electron chi connectivity index (χ2n) is 7.41. The molecule has 6 nitrogen and oxygen atoms in total. The van der Waals surface area contributed by atoms with Crippen molar-refractivity contribution in [2.45, 2.75) is 13.3 Å². The van der Waals surface area contributed by atoms with Crippen LogP contribution in [0.3, 0.4) is 0 Å². The first kappa shape index (κ1) is 23.3. The van der Waals surface area contributed by atoms with E-state index in [4.69, 9.17) is 16.6 Å². The van der Waals surface area contributed by atoms with E-state index in [1.165, 1.54) is 11.3 Å². The molecule has 2 aromatic heterocycles. The third-order valence-electron chi connectivity index (χ3n) is 4.87. The van der Waals surface area contributed by atoms with Crippen LogP contribution in [0.5, 0.6) is 0 Å². The molecule has 0 fully saturated rings. The van der Waals surface area contributed by atoms with Crippen molar-refractivity contribution in [1.29, 1.82) is 0 Å². The molecule has 1 amide bonds. The second kappa shape index (κ2) is 9.87. The van der Waals surface area contributed by atoms with E-state index in [1.54, 1.807) is 29.4 Å². The van der Waals surface area contributed by atoms with E-state index >= 15 is 0 Å². The SMILES string of the molecule is Cc1ccc(Cl)c2sc(N(CCCN(C)C)C(=O)c3ccc4nccnc4c3)nc12.Cl. The molecule has 0 aliphatic heterocycles. The molecular formula is C22H23Cl2N5OS. The Morgan fingerprint density at radius 3 is 2.52 bits per heavy atom. The van der Waals surface area contributed by atoms with Gasteiger partial charge < -0.3 is 4.90 Å². The van der Waals surface area contributed by atoms with Crippen molar-refractivity contribution in [3.8, 4) is 0 Å². The van der Waals surface area contributed by atoms with Crippen LogP contribution in [-0.4, -0.2) is 52.9 Å². The summed E-state index contributed by atoms with van der Waals surface area (Å²) in [5.41, 5.74) is 3.90. The quantitative estimate of drug-likeness (QED) is 0.382. The van der Waals surface area contributed by atoms with Crippen molar-refractivity contribution in [1.82, 2.24) is 19.9 Å². The zero-order chi connectivity index (χ0) is 21.3. The lowest BCUT2D eigenvalue weighted by molar-refractivity contribution is 0.0986. The number of aromatic nitrogens is 3. The maximum Gasteiger partial charge on any atom is 0.260 e. The third kappa shape index (κ3) is 4.96. The zero-order valence-corrected chi connectivity index (χ0v) is 19.9. The van der Waals surface area contributed by atoms with Gasteiger partial charge in [-0.15, -0.1) is 12.4 Å². The van der Waals surface area contributed by atoms with Crippen LogP contribution in [0, 0.1) is 6.92 Å². The molecule has 0 saturated heterocycles. The molecule has 0 aliphatic rings. The molecule has 2 aromatic carbocycles. The summed E-state index contributed by atoms with van der Waals surface area (Å²) >= 11 is 7.85. The number of carbonyl (C=O) groups is 1. The number of hydrogen-bond acceptors (Lipinski definition) is 6. The van der Waals surface area contributed by atoms with Crippen molar-refractivity contribution >= 4 is 67.6 Å². The number of nitrogens with zero attached hydrogens (tertiary/aromatic N) is 5. The molecule has 0 N–H and O–H groups in total. The highest BCUT2D eigenvalue weighted by Gasteiger charge is 2.23. The summed E-state index contributed by atoms with van der Waals surface area (Å²) in [6.07, 6.45) is 4.10. The van der Waals surface area contributed by atoms with Gasteiger partial charge in [-0.05, 0) is 63.8 Å². The Bertz CT molecular complexity index is 1190. The van der Waals surface area contributed by atoms with Gasteiger partial charge in [0.1, 0.15) is 0 Å². The van der Waals surface area contributed by atoms with Crippen LogP contribution in [-0.2, 0) is 0 Å². The smallest absolute Gasteiger partial charge is 0.260 e. The van der Waals surface area contributed by atoms with Crippen molar-refractivity contribution in [3.63, 3.8) is 0 Å². The minimum absolute atomic E-state index is 0. The van der Waals surface area contributed by atoms with Gasteiger partial charge in [-0.25, -0.2) is 4.98 Å². The number of aryl methyl sites for hydroxylation is 1. The van der Waals surface area contributed by atoms with Gasteiger partial charge in [-0.1, -0.05) is 29.0 Å². The fourth-order valence-corrected chi connectivity index (χ4v) is 4.63. The summed E-state index contributed by atoms with van der Waals surface area (Å²) in [4.78, 5) is 30.8. The molecule has 9 heteroatoms. The second-order valence-corrected chi connectivity index (χ2v) is 8.80. The molecule has 31 heavy (non-hydrogen) atoms. The number of benzene rings is 2. The van der Waals surface area contributed by atoms with Crippen molar-refractivity contribution in [3.05, 3.63) is 58.9 Å². The Balaban J connectivity index is 0.00000272. The largest absolute Gasteiger partial charge is 0.309 e. The number of anilines is 1. The van der Waals surface area contributed by atoms with E-state index < -0.39 is 0 Å². The lowest BCUT2D eigenvalue weighted by Gasteiger charge is -2.21. The van der Waals surface area contributed by atoms with E-state index in [2.05, 4.69) is 14.9 Å². The number of thiazole rings is 1. The van der Waals surface area contributed by atoms with Crippen LogP contribution < -0.4 is 4.90 Å². The highest BCUT2D eigenvalue weighted by atomic mass is 35.5. The van der Waals surface area contributed by atoms with Crippen LogP contribution in [0.2, 0.25) is 5.02 Å². The average molecular weight is 476 g/mol. The molecule has 0 radical (unpaired) electrons. The fourth-order valence-electron chi connectivity index (χ4n) is 3.29. The van der Waals surface area contributed by atoms with Crippen molar-refractivity contribution in [2.75, 3.05) is 32.1 Å². The van der Waals surface area contributed by atoms with Crippen LogP contribution in [0.4, 0.5) is 5.13 Å². The Labute approximate surface area is 196 Å². The number of halogens is 2. The molecule has 162 valence electrons. The van der Waals surface area contributed by atoms with Gasteiger partial charge >= 0.3 is 0 Å². The van der Waals surface area contributed by atoms with Crippen LogP contribution >= 0.6 is 35.3 Å². The van der Waals surface area contributed by atoms with Gasteiger partial charge in [-0.2, -0.15) is 0 Å². The molecule has 4 rings (SSSR count). The van der Waals surface area contributed by atoms with E-state index in [0.29, 0.717) is 27.8 Å². The summed E-state index contributed by atoms with van der Waals surface area (Å²) in [6, 6.07) is 9.24. The van der Waals surface area contributed by atoms with Gasteiger partial charge in [0.25, 0.3) is 5.91 Å². The van der Waals surface area contributed by atoms with Crippen molar-refractivity contribution < 1.29 is 4.79 Å². The van der Waals surface area contributed by atoms with E-state index in [9.17, 15) is 4.79 Å². The normalized spacial score (nSPS) is 11.1. The van der Waals surface area contributed by atoms with Gasteiger partial charge in [0.15, 0.2) is 5.13 Å². The Hall–Kier alpha value is -2.32. The molecule has 0 spiro atoms. The first-order valence-electron chi connectivity index (χ1n) is 9.67. The molecule has 2 heterocycles. The summed E-state index contributed by atoms with van der Waals surface area (Å²) < 4.78 is 0.904. The lowest BCUT2D eigenvalue weighted by atomic mass is 10.1. The topological polar surface area (TPSA) is 62.2 Å². The third-order valence-corrected chi connectivity index (χ3v) is 6.40. The molecule has 0 bridgehead atoms. The lowest BCUT2D eigenvalue weighted by Crippen LogP contribution is -2.33. The van der Waals surface area contributed by atoms with Gasteiger partial charge in [0, 0.05) is 24.5 Å². The van der Waals surface area contributed by atoms with E-state index in [0.717, 1.165) is 34.3 Å². The van der Waals surface area contributed by atoms with E-state index in [1.807, 2.05) is 39.2 Å². The minimum Gasteiger partial charge on any atom is -0.309 e. The summed E-state index contributed by atoms with van der Waals surface area (Å²) in [7, 11) is 4.05. The number of fused-ring (bicyclic) bond motifs is 2. The molecule has 0 saturated carbocycles. The first-order valence-corrected chi connectivity index (χ1v) is 10.9. The summed E-state index contributed by atoms with van der Waals surface area (Å²) in [6.45, 7) is 3.44. The fraction of sp³-hybridized carbons (Fsp3) is 0.273. The number of hydrogen-bond donors (Lipinski definition) is 0. The van der Waals surface area contributed by atoms with E-state index in [-0.39, 0.29) is 18.3 Å². The molecule has 4 aromatic rings. The Morgan fingerprint density at radius 2 is 1.81 bits per heavy atom. The van der Waals surface area contributed by atoms with Crippen molar-refractivity contribution in [2.24, 2.45) is 0 Å². The number of rotatable bonds is 6. The highest BCUT2D eigenvalue weighted by Crippen LogP contribution is 2.36. The van der Waals surface area contributed by atoms with Crippen LogP contribution in [0.25, 0.3) is 21.3 Å². The molecule has 0 unspecified atom stereocenters. The molecular weight excluding hydrogens is 453 g/mol. The first-order chi connectivity index (χ1) is 14.4. The predicted molar refractivity (Wildman–Crippen MR) is 131 cm³/mol. The standard InChI is InChI=1S/C22H22ClN5OS.ClH/c1-14-5-7-16(23)20-19(14)26-22(30-20)28(12-4-11-27(2)3)21(29)15-6-8-17-18(13-15)25-10-9-24-17;/h5-10,13H,4,11-12H2,1-3H3;1H. The highest BCUT2D eigenvalue weighted by molar-refractivity contribution is 7.23. The predicted octanol–water partition coefficient (Wildman–Crippen LogP) is 5.22. The maximum absolute atomic E-state index is 13.5. The average Bonchev–Trinajstić information content (AvgIpc) is 3.19. The Morgan fingerprint density at radius 1 is 1.06 bits per heavy atom. The number of amides is 1. The zero-order valence-electron chi connectivity index (χ0n) is 17.5. The van der Waals surface area contributed by atoms with Gasteiger partial charge in [0.05, 0.1) is 26.3 Å². The Kier molecular flexibility index (Phi) is 7.43. The molecule has 0 aliphatic carbocycles. The maximum atomic E-state index is 13.5. The van der Waals surface area contributed by atoms with Crippen LogP contribution in [0.1, 0.15) is 22.3 Å². The summed E-state index contributed by atoms with van der Waals surface area (Å²) in [5.74, 6) is -0.103. The van der Waals surface area contributed by atoms with Crippen LogP contribution in [0.15, 0.2) is 42.7 Å². The monoisotopic (exact) mass is 475 g/mol. The molecule has 0 atom stereocenters. The van der Waals surface area contributed by atoms with Gasteiger partial charge in [0.2, 0.25) is 0 Å². The summed E-state index contributed by atoms with van der Waals surface area (Å²) in [5, 5.41) is 1.31. The minimum atomic E-state index is -0.103. The van der Waals surface area contributed by atoms with Gasteiger partial charge in [-0.3, -0.25) is 19.7 Å². The number of carbonyl (C=O) groups excluding carboxylic acids is 1.